The van der Waals surface area contributed by atoms with Gasteiger partial charge in [-0.25, -0.2) is 0 Å². The molecule has 32 heavy (non-hydrogen) atoms. The van der Waals surface area contributed by atoms with Crippen LogP contribution in [0.1, 0.15) is 59.1 Å². The van der Waals surface area contributed by atoms with Gasteiger partial charge in [0.15, 0.2) is 6.61 Å². The zero-order valence-electron chi connectivity index (χ0n) is 19.9. The van der Waals surface area contributed by atoms with E-state index in [0.29, 0.717) is 10.8 Å². The van der Waals surface area contributed by atoms with E-state index in [1.807, 2.05) is 56.3 Å². The highest BCUT2D eigenvalue weighted by atomic mass is 35.5. The van der Waals surface area contributed by atoms with Gasteiger partial charge in [0.05, 0.1) is 0 Å². The minimum atomic E-state index is -0.672. The van der Waals surface area contributed by atoms with Crippen LogP contribution in [-0.2, 0) is 21.5 Å². The fourth-order valence-electron chi connectivity index (χ4n) is 3.29. The molecular formula is C26H35ClN2O3. The van der Waals surface area contributed by atoms with Gasteiger partial charge in [-0.1, -0.05) is 75.7 Å². The number of halogens is 1. The Labute approximate surface area is 197 Å². The standard InChI is InChI=1S/C26H35ClN2O3/c1-7-18(2)28-25(31)19(3)29(16-20-12-8-10-14-22(20)27)24(30)17-32-23-15-11-9-13-21(23)26(4,5)6/h8-15,18-19H,7,16-17H2,1-6H3,(H,28,31)/t18-,19-/m0/s1. The van der Waals surface area contributed by atoms with Crippen molar-refractivity contribution < 1.29 is 14.3 Å². The Hall–Kier alpha value is -2.53. The topological polar surface area (TPSA) is 58.6 Å². The van der Waals surface area contributed by atoms with Crippen LogP contribution in [0.2, 0.25) is 5.02 Å². The normalized spacial score (nSPS) is 13.2. The van der Waals surface area contributed by atoms with Gasteiger partial charge in [0.2, 0.25) is 5.91 Å². The molecule has 6 heteroatoms. The molecule has 0 spiro atoms. The Morgan fingerprint density at radius 3 is 2.31 bits per heavy atom. The molecule has 0 aliphatic rings. The molecule has 0 aromatic heterocycles. The summed E-state index contributed by atoms with van der Waals surface area (Å²) in [4.78, 5) is 27.6. The number of carbonyl (C=O) groups is 2. The third kappa shape index (κ3) is 6.99. The van der Waals surface area contributed by atoms with E-state index in [2.05, 4.69) is 26.1 Å². The van der Waals surface area contributed by atoms with Crippen molar-refractivity contribution in [3.05, 3.63) is 64.7 Å². The monoisotopic (exact) mass is 458 g/mol. The van der Waals surface area contributed by atoms with Crippen molar-refractivity contribution in [2.75, 3.05) is 6.61 Å². The van der Waals surface area contributed by atoms with E-state index in [-0.39, 0.29) is 36.4 Å². The molecule has 2 atom stereocenters. The van der Waals surface area contributed by atoms with Gasteiger partial charge in [-0.3, -0.25) is 9.59 Å². The summed E-state index contributed by atoms with van der Waals surface area (Å²) < 4.78 is 5.95. The highest BCUT2D eigenvalue weighted by Gasteiger charge is 2.28. The van der Waals surface area contributed by atoms with Crippen molar-refractivity contribution in [3.63, 3.8) is 0 Å². The van der Waals surface area contributed by atoms with Crippen LogP contribution in [-0.4, -0.2) is 35.4 Å². The lowest BCUT2D eigenvalue weighted by molar-refractivity contribution is -0.142. The molecule has 0 saturated carbocycles. The van der Waals surface area contributed by atoms with Crippen LogP contribution in [0.3, 0.4) is 0 Å². The van der Waals surface area contributed by atoms with Gasteiger partial charge in [0.25, 0.3) is 5.91 Å². The predicted molar refractivity (Wildman–Crippen MR) is 130 cm³/mol. The van der Waals surface area contributed by atoms with Crippen LogP contribution < -0.4 is 10.1 Å². The fraction of sp³-hybridized carbons (Fsp3) is 0.462. The number of nitrogens with one attached hydrogen (secondary N) is 1. The summed E-state index contributed by atoms with van der Waals surface area (Å²) in [5, 5.41) is 3.52. The van der Waals surface area contributed by atoms with E-state index in [9.17, 15) is 9.59 Å². The van der Waals surface area contributed by atoms with E-state index in [1.54, 1.807) is 13.0 Å². The molecular weight excluding hydrogens is 424 g/mol. The lowest BCUT2D eigenvalue weighted by atomic mass is 9.86. The highest BCUT2D eigenvalue weighted by Crippen LogP contribution is 2.31. The molecule has 0 unspecified atom stereocenters. The van der Waals surface area contributed by atoms with Crippen LogP contribution in [0.15, 0.2) is 48.5 Å². The largest absolute Gasteiger partial charge is 0.483 e. The van der Waals surface area contributed by atoms with Crippen molar-refractivity contribution in [1.82, 2.24) is 10.2 Å². The first-order valence-corrected chi connectivity index (χ1v) is 11.5. The van der Waals surface area contributed by atoms with E-state index >= 15 is 0 Å². The van der Waals surface area contributed by atoms with Gasteiger partial charge in [-0.15, -0.1) is 0 Å². The van der Waals surface area contributed by atoms with E-state index in [1.165, 1.54) is 4.90 Å². The summed E-state index contributed by atoms with van der Waals surface area (Å²) in [6.45, 7) is 12.0. The average Bonchev–Trinajstić information content (AvgIpc) is 2.75. The van der Waals surface area contributed by atoms with Crippen molar-refractivity contribution in [1.29, 1.82) is 0 Å². The number of para-hydroxylation sites is 1. The first kappa shape index (κ1) is 25.7. The van der Waals surface area contributed by atoms with Gasteiger partial charge in [0, 0.05) is 17.6 Å². The molecule has 174 valence electrons. The number of ether oxygens (including phenoxy) is 1. The maximum absolute atomic E-state index is 13.3. The van der Waals surface area contributed by atoms with Gasteiger partial charge in [-0.2, -0.15) is 0 Å². The van der Waals surface area contributed by atoms with Crippen LogP contribution >= 0.6 is 11.6 Å². The number of hydrogen-bond acceptors (Lipinski definition) is 3. The third-order valence-corrected chi connectivity index (χ3v) is 5.88. The second-order valence-electron chi connectivity index (χ2n) is 9.14. The van der Waals surface area contributed by atoms with Crippen molar-refractivity contribution >= 4 is 23.4 Å². The van der Waals surface area contributed by atoms with Gasteiger partial charge in [-0.05, 0) is 48.9 Å². The maximum atomic E-state index is 13.3. The summed E-state index contributed by atoms with van der Waals surface area (Å²) in [7, 11) is 0. The minimum Gasteiger partial charge on any atom is -0.483 e. The minimum absolute atomic E-state index is 0.0251. The third-order valence-electron chi connectivity index (χ3n) is 5.51. The van der Waals surface area contributed by atoms with Crippen molar-refractivity contribution in [2.24, 2.45) is 0 Å². The van der Waals surface area contributed by atoms with Crippen molar-refractivity contribution in [2.45, 2.75) is 72.0 Å². The SMILES string of the molecule is CC[C@H](C)NC(=O)[C@H](C)N(Cc1ccccc1Cl)C(=O)COc1ccccc1C(C)(C)C. The predicted octanol–water partition coefficient (Wildman–Crippen LogP) is 5.35. The number of hydrogen-bond donors (Lipinski definition) is 1. The molecule has 0 heterocycles. The number of benzene rings is 2. The van der Waals surface area contributed by atoms with Gasteiger partial charge in [0.1, 0.15) is 11.8 Å². The maximum Gasteiger partial charge on any atom is 0.261 e. The second-order valence-corrected chi connectivity index (χ2v) is 9.55. The summed E-state index contributed by atoms with van der Waals surface area (Å²) >= 11 is 6.34. The zero-order chi connectivity index (χ0) is 23.9. The van der Waals surface area contributed by atoms with E-state index in [4.69, 9.17) is 16.3 Å². The first-order valence-electron chi connectivity index (χ1n) is 11.1. The average molecular weight is 459 g/mol. The smallest absolute Gasteiger partial charge is 0.261 e. The summed E-state index contributed by atoms with van der Waals surface area (Å²) in [5.41, 5.74) is 1.68. The number of nitrogens with zero attached hydrogens (tertiary/aromatic N) is 1. The summed E-state index contributed by atoms with van der Waals surface area (Å²) in [6, 6.07) is 14.4. The Morgan fingerprint density at radius 2 is 1.69 bits per heavy atom. The Balaban J connectivity index is 2.24. The molecule has 0 aliphatic carbocycles. The molecule has 2 rings (SSSR count). The van der Waals surface area contributed by atoms with Crippen molar-refractivity contribution in [3.8, 4) is 5.75 Å². The molecule has 0 radical (unpaired) electrons. The molecule has 2 aromatic carbocycles. The number of rotatable bonds is 9. The highest BCUT2D eigenvalue weighted by molar-refractivity contribution is 6.31. The molecule has 2 aromatic rings. The molecule has 5 nitrogen and oxygen atoms in total. The Bertz CT molecular complexity index is 923. The lowest BCUT2D eigenvalue weighted by Gasteiger charge is -2.30. The zero-order valence-corrected chi connectivity index (χ0v) is 20.7. The van der Waals surface area contributed by atoms with Crippen LogP contribution in [0, 0.1) is 0 Å². The molecule has 0 bridgehead atoms. The molecule has 1 N–H and O–H groups in total. The summed E-state index contributed by atoms with van der Waals surface area (Å²) in [6.07, 6.45) is 0.809. The Morgan fingerprint density at radius 1 is 1.06 bits per heavy atom. The van der Waals surface area contributed by atoms with Crippen LogP contribution in [0.4, 0.5) is 0 Å². The van der Waals surface area contributed by atoms with Crippen LogP contribution in [0.25, 0.3) is 0 Å². The summed E-state index contributed by atoms with van der Waals surface area (Å²) in [5.74, 6) is 0.193. The van der Waals surface area contributed by atoms with Gasteiger partial charge < -0.3 is 15.0 Å². The fourth-order valence-corrected chi connectivity index (χ4v) is 3.49. The molecule has 0 aliphatic heterocycles. The van der Waals surface area contributed by atoms with E-state index in [0.717, 1.165) is 17.5 Å². The molecule has 0 saturated heterocycles. The Kier molecular flexibility index (Phi) is 9.14. The first-order chi connectivity index (χ1) is 15.0. The molecule has 0 fully saturated rings. The second kappa shape index (κ2) is 11.4. The quantitative estimate of drug-likeness (QED) is 0.551. The lowest BCUT2D eigenvalue weighted by Crippen LogP contribution is -2.50. The number of carbonyl (C=O) groups excluding carboxylic acids is 2. The van der Waals surface area contributed by atoms with Gasteiger partial charge >= 0.3 is 0 Å². The van der Waals surface area contributed by atoms with Crippen LogP contribution in [0.5, 0.6) is 5.75 Å². The molecule has 2 amide bonds. The number of amides is 2. The van der Waals surface area contributed by atoms with E-state index < -0.39 is 6.04 Å².